The molecule has 1 atom stereocenters. The van der Waals surface area contributed by atoms with E-state index in [2.05, 4.69) is 22.6 Å². The van der Waals surface area contributed by atoms with Gasteiger partial charge in [-0.15, -0.1) is 0 Å². The van der Waals surface area contributed by atoms with Crippen molar-refractivity contribution in [2.75, 3.05) is 0 Å². The standard InChI is InChI=1S/C14H13ClINO/c1-9(17)10-6-7-13(11(15)8-10)18-14-5-3-2-4-12(14)16/h2-9H,17H2,1H3/t9-/m1/s1. The van der Waals surface area contributed by atoms with E-state index in [0.717, 1.165) is 14.9 Å². The van der Waals surface area contributed by atoms with Crippen molar-refractivity contribution in [3.05, 3.63) is 56.6 Å². The van der Waals surface area contributed by atoms with E-state index in [0.29, 0.717) is 10.8 Å². The molecule has 0 amide bonds. The van der Waals surface area contributed by atoms with E-state index in [9.17, 15) is 0 Å². The number of hydrogen-bond donors (Lipinski definition) is 1. The molecule has 0 aliphatic heterocycles. The Kier molecular flexibility index (Phi) is 4.48. The molecule has 0 aliphatic carbocycles. The van der Waals surface area contributed by atoms with Gasteiger partial charge in [0, 0.05) is 6.04 Å². The minimum atomic E-state index is -0.0339. The maximum absolute atomic E-state index is 6.19. The Bertz CT molecular complexity index is 557. The molecule has 0 heterocycles. The van der Waals surface area contributed by atoms with E-state index in [1.54, 1.807) is 0 Å². The van der Waals surface area contributed by atoms with Crippen molar-refractivity contribution in [1.29, 1.82) is 0 Å². The molecule has 0 fully saturated rings. The zero-order valence-corrected chi connectivity index (χ0v) is 12.8. The summed E-state index contributed by atoms with van der Waals surface area (Å²) in [6.45, 7) is 1.92. The number of benzene rings is 2. The van der Waals surface area contributed by atoms with Gasteiger partial charge in [0.2, 0.25) is 0 Å². The number of rotatable bonds is 3. The van der Waals surface area contributed by atoms with E-state index >= 15 is 0 Å². The van der Waals surface area contributed by atoms with E-state index in [4.69, 9.17) is 22.1 Å². The lowest BCUT2D eigenvalue weighted by atomic mass is 10.1. The molecule has 0 bridgehead atoms. The molecule has 0 aliphatic rings. The van der Waals surface area contributed by atoms with Crippen molar-refractivity contribution >= 4 is 34.2 Å². The largest absolute Gasteiger partial charge is 0.455 e. The van der Waals surface area contributed by atoms with Crippen LogP contribution in [0.4, 0.5) is 0 Å². The number of halogens is 2. The molecule has 2 rings (SSSR count). The topological polar surface area (TPSA) is 35.2 Å². The molecule has 0 aromatic heterocycles. The Morgan fingerprint density at radius 1 is 1.17 bits per heavy atom. The monoisotopic (exact) mass is 373 g/mol. The third-order valence-corrected chi connectivity index (χ3v) is 3.72. The zero-order chi connectivity index (χ0) is 13.1. The summed E-state index contributed by atoms with van der Waals surface area (Å²) in [5.74, 6) is 1.44. The fourth-order valence-electron chi connectivity index (χ4n) is 1.53. The first-order valence-corrected chi connectivity index (χ1v) is 7.01. The van der Waals surface area contributed by atoms with Crippen molar-refractivity contribution in [1.82, 2.24) is 0 Å². The first kappa shape index (κ1) is 13.6. The average Bonchev–Trinajstić information content (AvgIpc) is 2.34. The Morgan fingerprint density at radius 3 is 2.50 bits per heavy atom. The fourth-order valence-corrected chi connectivity index (χ4v) is 2.25. The van der Waals surface area contributed by atoms with E-state index in [1.165, 1.54) is 0 Å². The van der Waals surface area contributed by atoms with E-state index in [-0.39, 0.29) is 6.04 Å². The van der Waals surface area contributed by atoms with Crippen molar-refractivity contribution < 1.29 is 4.74 Å². The molecule has 2 aromatic carbocycles. The smallest absolute Gasteiger partial charge is 0.146 e. The first-order chi connectivity index (χ1) is 8.58. The number of ether oxygens (including phenoxy) is 1. The third kappa shape index (κ3) is 3.16. The Hall–Kier alpha value is -0.780. The molecule has 0 radical (unpaired) electrons. The third-order valence-electron chi connectivity index (χ3n) is 2.54. The van der Waals surface area contributed by atoms with Crippen molar-refractivity contribution in [3.8, 4) is 11.5 Å². The molecule has 0 spiro atoms. The van der Waals surface area contributed by atoms with Crippen LogP contribution in [-0.2, 0) is 0 Å². The Balaban J connectivity index is 2.28. The van der Waals surface area contributed by atoms with Crippen LogP contribution in [0.2, 0.25) is 5.02 Å². The summed E-state index contributed by atoms with van der Waals surface area (Å²) < 4.78 is 6.84. The molecular formula is C14H13ClINO. The SMILES string of the molecule is C[C@@H](N)c1ccc(Oc2ccccc2I)c(Cl)c1. The quantitative estimate of drug-likeness (QED) is 0.788. The summed E-state index contributed by atoms with van der Waals surface area (Å²) in [7, 11) is 0. The number of hydrogen-bond acceptors (Lipinski definition) is 2. The molecule has 94 valence electrons. The lowest BCUT2D eigenvalue weighted by Gasteiger charge is -2.11. The highest BCUT2D eigenvalue weighted by molar-refractivity contribution is 14.1. The highest BCUT2D eigenvalue weighted by atomic mass is 127. The molecule has 2 aromatic rings. The maximum Gasteiger partial charge on any atom is 0.146 e. The number of para-hydroxylation sites is 1. The van der Waals surface area contributed by atoms with Gasteiger partial charge in [-0.25, -0.2) is 0 Å². The Labute approximate surface area is 125 Å². The molecule has 18 heavy (non-hydrogen) atoms. The molecule has 0 saturated carbocycles. The molecule has 0 saturated heterocycles. The van der Waals surface area contributed by atoms with Crippen LogP contribution in [0.25, 0.3) is 0 Å². The number of nitrogens with two attached hydrogens (primary N) is 1. The van der Waals surface area contributed by atoms with Crippen LogP contribution < -0.4 is 10.5 Å². The predicted octanol–water partition coefficient (Wildman–Crippen LogP) is 4.76. The van der Waals surface area contributed by atoms with Gasteiger partial charge in [0.15, 0.2) is 0 Å². The van der Waals surface area contributed by atoms with Crippen LogP contribution in [-0.4, -0.2) is 0 Å². The zero-order valence-electron chi connectivity index (χ0n) is 9.86. The van der Waals surface area contributed by atoms with Gasteiger partial charge < -0.3 is 10.5 Å². The van der Waals surface area contributed by atoms with Gasteiger partial charge in [-0.3, -0.25) is 0 Å². The summed E-state index contributed by atoms with van der Waals surface area (Å²) in [6, 6.07) is 13.4. The minimum Gasteiger partial charge on any atom is -0.455 e. The van der Waals surface area contributed by atoms with Crippen LogP contribution >= 0.6 is 34.2 Å². The Morgan fingerprint density at radius 2 is 1.89 bits per heavy atom. The van der Waals surface area contributed by atoms with Crippen LogP contribution in [0, 0.1) is 3.57 Å². The van der Waals surface area contributed by atoms with Crippen molar-refractivity contribution in [2.45, 2.75) is 13.0 Å². The lowest BCUT2D eigenvalue weighted by molar-refractivity contribution is 0.479. The second-order valence-corrected chi connectivity index (χ2v) is 5.58. The van der Waals surface area contributed by atoms with E-state index in [1.807, 2.05) is 49.4 Å². The van der Waals surface area contributed by atoms with Crippen LogP contribution in [0.5, 0.6) is 11.5 Å². The van der Waals surface area contributed by atoms with Gasteiger partial charge >= 0.3 is 0 Å². The fraction of sp³-hybridized carbons (Fsp3) is 0.143. The summed E-state index contributed by atoms with van der Waals surface area (Å²) in [5.41, 5.74) is 6.80. The summed E-state index contributed by atoms with van der Waals surface area (Å²) in [6.07, 6.45) is 0. The summed E-state index contributed by atoms with van der Waals surface area (Å²) in [5, 5.41) is 0.574. The minimum absolute atomic E-state index is 0.0339. The highest BCUT2D eigenvalue weighted by Crippen LogP contribution is 2.33. The molecule has 4 heteroatoms. The molecular weight excluding hydrogens is 361 g/mol. The maximum atomic E-state index is 6.19. The highest BCUT2D eigenvalue weighted by Gasteiger charge is 2.08. The van der Waals surface area contributed by atoms with Crippen molar-refractivity contribution in [3.63, 3.8) is 0 Å². The second kappa shape index (κ2) is 5.91. The van der Waals surface area contributed by atoms with Gasteiger partial charge in [-0.1, -0.05) is 29.8 Å². The molecule has 0 unspecified atom stereocenters. The van der Waals surface area contributed by atoms with Crippen LogP contribution in [0.1, 0.15) is 18.5 Å². The van der Waals surface area contributed by atoms with Gasteiger partial charge in [-0.05, 0) is 59.3 Å². The van der Waals surface area contributed by atoms with E-state index < -0.39 is 0 Å². The van der Waals surface area contributed by atoms with Crippen LogP contribution in [0.15, 0.2) is 42.5 Å². The molecule has 2 nitrogen and oxygen atoms in total. The average molecular weight is 374 g/mol. The second-order valence-electron chi connectivity index (χ2n) is 4.01. The van der Waals surface area contributed by atoms with Gasteiger partial charge in [0.05, 0.1) is 8.59 Å². The predicted molar refractivity (Wildman–Crippen MR) is 83.3 cm³/mol. The molecule has 2 N–H and O–H groups in total. The van der Waals surface area contributed by atoms with Gasteiger partial charge in [0.25, 0.3) is 0 Å². The van der Waals surface area contributed by atoms with Gasteiger partial charge in [0.1, 0.15) is 11.5 Å². The lowest BCUT2D eigenvalue weighted by Crippen LogP contribution is -2.04. The first-order valence-electron chi connectivity index (χ1n) is 5.55. The summed E-state index contributed by atoms with van der Waals surface area (Å²) >= 11 is 8.42. The summed E-state index contributed by atoms with van der Waals surface area (Å²) in [4.78, 5) is 0. The normalized spacial score (nSPS) is 12.2. The van der Waals surface area contributed by atoms with Crippen molar-refractivity contribution in [2.24, 2.45) is 5.73 Å². The van der Waals surface area contributed by atoms with Gasteiger partial charge in [-0.2, -0.15) is 0 Å². The van der Waals surface area contributed by atoms with Crippen LogP contribution in [0.3, 0.4) is 0 Å².